The maximum Gasteiger partial charge on any atom is 0.277 e. The van der Waals surface area contributed by atoms with E-state index in [0.717, 1.165) is 18.5 Å². The molecular weight excluding hydrogens is 307 g/mol. The van der Waals surface area contributed by atoms with Crippen LogP contribution in [-0.4, -0.2) is 56.8 Å². The normalized spacial score (nSPS) is 19.4. The minimum absolute atomic E-state index is 0.0755. The van der Waals surface area contributed by atoms with Gasteiger partial charge in [-0.3, -0.25) is 14.1 Å². The van der Waals surface area contributed by atoms with Gasteiger partial charge >= 0.3 is 0 Å². The summed E-state index contributed by atoms with van der Waals surface area (Å²) in [5, 5.41) is 0. The van der Waals surface area contributed by atoms with Crippen LogP contribution in [0.25, 0.3) is 5.65 Å². The highest BCUT2D eigenvalue weighted by atomic mass is 19.1. The van der Waals surface area contributed by atoms with Crippen LogP contribution < -0.4 is 0 Å². The van der Waals surface area contributed by atoms with Gasteiger partial charge in [-0.25, -0.2) is 4.98 Å². The molecule has 0 radical (unpaired) electrons. The second-order valence-electron chi connectivity index (χ2n) is 6.83. The smallest absolute Gasteiger partial charge is 0.277 e. The summed E-state index contributed by atoms with van der Waals surface area (Å²) in [4.78, 5) is 21.2. The Hall–Kier alpha value is -1.95. The largest absolute Gasteiger partial charge is 0.334 e. The molecule has 3 rings (SSSR count). The number of fused-ring (bicyclic) bond motifs is 1. The summed E-state index contributed by atoms with van der Waals surface area (Å²) in [6.45, 7) is 10.4. The third-order valence-electron chi connectivity index (χ3n) is 4.86. The van der Waals surface area contributed by atoms with Crippen LogP contribution in [0, 0.1) is 12.9 Å². The molecule has 0 saturated carbocycles. The number of halogens is 1. The van der Waals surface area contributed by atoms with E-state index in [-0.39, 0.29) is 11.6 Å². The topological polar surface area (TPSA) is 40.9 Å². The van der Waals surface area contributed by atoms with Crippen molar-refractivity contribution in [1.29, 1.82) is 0 Å². The van der Waals surface area contributed by atoms with E-state index in [0.29, 0.717) is 30.8 Å². The Labute approximate surface area is 142 Å². The highest BCUT2D eigenvalue weighted by molar-refractivity contribution is 5.93. The predicted octanol–water partition coefficient (Wildman–Crippen LogP) is 2.73. The Morgan fingerprint density at radius 1 is 1.38 bits per heavy atom. The Kier molecular flexibility index (Phi) is 4.58. The Morgan fingerprint density at radius 3 is 2.79 bits per heavy atom. The quantitative estimate of drug-likeness (QED) is 0.868. The van der Waals surface area contributed by atoms with Crippen LogP contribution in [0.5, 0.6) is 0 Å². The first-order valence-corrected chi connectivity index (χ1v) is 8.61. The highest BCUT2D eigenvalue weighted by Crippen LogP contribution is 2.20. The van der Waals surface area contributed by atoms with Crippen molar-refractivity contribution in [2.45, 2.75) is 46.2 Å². The number of pyridine rings is 1. The van der Waals surface area contributed by atoms with E-state index in [4.69, 9.17) is 0 Å². The second kappa shape index (κ2) is 6.51. The van der Waals surface area contributed by atoms with Crippen molar-refractivity contribution in [1.82, 2.24) is 19.2 Å². The summed E-state index contributed by atoms with van der Waals surface area (Å²) in [6.07, 6.45) is 2.63. The molecule has 1 fully saturated rings. The second-order valence-corrected chi connectivity index (χ2v) is 6.83. The van der Waals surface area contributed by atoms with Crippen molar-refractivity contribution in [3.63, 3.8) is 0 Å². The molecule has 1 atom stereocenters. The molecule has 3 heterocycles. The number of hydrogen-bond donors (Lipinski definition) is 0. The van der Waals surface area contributed by atoms with Gasteiger partial charge in [0.25, 0.3) is 5.91 Å². The molecule has 0 bridgehead atoms. The molecule has 24 heavy (non-hydrogen) atoms. The summed E-state index contributed by atoms with van der Waals surface area (Å²) in [7, 11) is 0. The van der Waals surface area contributed by atoms with Gasteiger partial charge in [0.15, 0.2) is 5.69 Å². The van der Waals surface area contributed by atoms with E-state index in [1.807, 2.05) is 13.0 Å². The number of aromatic nitrogens is 2. The summed E-state index contributed by atoms with van der Waals surface area (Å²) in [6, 6.07) is 4.36. The number of aryl methyl sites for hydroxylation is 1. The van der Waals surface area contributed by atoms with E-state index < -0.39 is 5.95 Å². The van der Waals surface area contributed by atoms with Crippen molar-refractivity contribution >= 4 is 11.6 Å². The van der Waals surface area contributed by atoms with Crippen molar-refractivity contribution in [3.8, 4) is 0 Å². The molecule has 130 valence electrons. The minimum atomic E-state index is -0.571. The zero-order chi connectivity index (χ0) is 17.4. The summed E-state index contributed by atoms with van der Waals surface area (Å²) in [5.41, 5.74) is 1.32. The first-order chi connectivity index (χ1) is 11.4. The lowest BCUT2D eigenvalue weighted by Gasteiger charge is -2.43. The lowest BCUT2D eigenvalue weighted by Crippen LogP contribution is -2.56. The van der Waals surface area contributed by atoms with E-state index in [1.54, 1.807) is 17.2 Å². The Balaban J connectivity index is 1.86. The molecular formula is C18H25FN4O. The fraction of sp³-hybridized carbons (Fsp3) is 0.556. The van der Waals surface area contributed by atoms with E-state index in [2.05, 4.69) is 30.7 Å². The number of rotatable bonds is 3. The van der Waals surface area contributed by atoms with Gasteiger partial charge < -0.3 is 4.90 Å². The van der Waals surface area contributed by atoms with Gasteiger partial charge in [-0.2, -0.15) is 4.39 Å². The summed E-state index contributed by atoms with van der Waals surface area (Å²) >= 11 is 0. The Morgan fingerprint density at radius 2 is 2.12 bits per heavy atom. The van der Waals surface area contributed by atoms with Gasteiger partial charge in [-0.15, -0.1) is 0 Å². The fourth-order valence-corrected chi connectivity index (χ4v) is 3.51. The van der Waals surface area contributed by atoms with Gasteiger partial charge in [0.05, 0.1) is 0 Å². The number of carbonyl (C=O) groups is 1. The molecule has 2 aromatic rings. The maximum absolute atomic E-state index is 14.6. The first kappa shape index (κ1) is 16.9. The summed E-state index contributed by atoms with van der Waals surface area (Å²) < 4.78 is 16.0. The molecule has 0 N–H and O–H groups in total. The van der Waals surface area contributed by atoms with Crippen molar-refractivity contribution in [2.24, 2.45) is 0 Å². The van der Waals surface area contributed by atoms with E-state index in [1.165, 1.54) is 4.40 Å². The minimum Gasteiger partial charge on any atom is -0.334 e. The lowest BCUT2D eigenvalue weighted by atomic mass is 10.1. The molecule has 1 aliphatic heterocycles. The number of imidazole rings is 1. The third-order valence-corrected chi connectivity index (χ3v) is 4.86. The predicted molar refractivity (Wildman–Crippen MR) is 91.7 cm³/mol. The monoisotopic (exact) mass is 332 g/mol. The number of nitrogens with zero attached hydrogens (tertiary/aromatic N) is 4. The Bertz CT molecular complexity index is 755. The number of hydrogen-bond acceptors (Lipinski definition) is 3. The zero-order valence-corrected chi connectivity index (χ0v) is 14.8. The van der Waals surface area contributed by atoms with Gasteiger partial charge in [-0.1, -0.05) is 13.0 Å². The van der Waals surface area contributed by atoms with Gasteiger partial charge in [0.2, 0.25) is 5.95 Å². The van der Waals surface area contributed by atoms with Crippen LogP contribution in [0.4, 0.5) is 4.39 Å². The summed E-state index contributed by atoms with van der Waals surface area (Å²) in [5.74, 6) is -0.881. The van der Waals surface area contributed by atoms with Gasteiger partial charge in [0.1, 0.15) is 5.65 Å². The third kappa shape index (κ3) is 2.90. The van der Waals surface area contributed by atoms with Crippen LogP contribution in [0.15, 0.2) is 18.3 Å². The van der Waals surface area contributed by atoms with Crippen LogP contribution >= 0.6 is 0 Å². The SMILES string of the molecule is CCC1CN(C(=O)c2nc3ccc(C)cn3c2F)CCN1C(C)C. The van der Waals surface area contributed by atoms with E-state index >= 15 is 0 Å². The van der Waals surface area contributed by atoms with Crippen molar-refractivity contribution in [2.75, 3.05) is 19.6 Å². The maximum atomic E-state index is 14.6. The molecule has 5 nitrogen and oxygen atoms in total. The molecule has 1 aliphatic rings. The molecule has 2 aromatic heterocycles. The van der Waals surface area contributed by atoms with Gasteiger partial charge in [-0.05, 0) is 38.8 Å². The number of carbonyl (C=O) groups excluding carboxylic acids is 1. The van der Waals surface area contributed by atoms with Crippen molar-refractivity contribution in [3.05, 3.63) is 35.5 Å². The van der Waals surface area contributed by atoms with Crippen molar-refractivity contribution < 1.29 is 9.18 Å². The molecule has 1 unspecified atom stereocenters. The fourth-order valence-electron chi connectivity index (χ4n) is 3.51. The first-order valence-electron chi connectivity index (χ1n) is 8.61. The molecule has 0 spiro atoms. The average molecular weight is 332 g/mol. The molecule has 6 heteroatoms. The number of amides is 1. The number of piperazine rings is 1. The van der Waals surface area contributed by atoms with E-state index in [9.17, 15) is 9.18 Å². The molecule has 1 saturated heterocycles. The molecule has 0 aliphatic carbocycles. The van der Waals surface area contributed by atoms with Crippen LogP contribution in [0.2, 0.25) is 0 Å². The van der Waals surface area contributed by atoms with Crippen LogP contribution in [-0.2, 0) is 0 Å². The van der Waals surface area contributed by atoms with Crippen LogP contribution in [0.1, 0.15) is 43.2 Å². The molecule has 0 aromatic carbocycles. The highest BCUT2D eigenvalue weighted by Gasteiger charge is 2.32. The zero-order valence-electron chi connectivity index (χ0n) is 14.8. The standard InChI is InChI=1S/C18H25FN4O/c1-5-14-11-21(8-9-22(14)12(2)3)18(24)16-17(19)23-10-13(4)6-7-15(23)20-16/h6-7,10,12,14H,5,8-9,11H2,1-4H3. The van der Waals surface area contributed by atoms with Crippen LogP contribution in [0.3, 0.4) is 0 Å². The lowest BCUT2D eigenvalue weighted by molar-refractivity contribution is 0.0364. The molecule has 1 amide bonds. The van der Waals surface area contributed by atoms with Gasteiger partial charge in [0, 0.05) is 37.9 Å². The average Bonchev–Trinajstić information content (AvgIpc) is 2.90.